The second-order valence-electron chi connectivity index (χ2n) is 6.03. The normalized spacial score (nSPS) is 18.0. The fourth-order valence-corrected chi connectivity index (χ4v) is 2.87. The van der Waals surface area contributed by atoms with E-state index in [1.165, 1.54) is 11.1 Å². The van der Waals surface area contributed by atoms with E-state index in [1.54, 1.807) is 0 Å². The van der Waals surface area contributed by atoms with Crippen LogP contribution < -0.4 is 16.4 Å². The maximum absolute atomic E-state index is 9.72. The van der Waals surface area contributed by atoms with Gasteiger partial charge in [0, 0.05) is 37.8 Å². The molecule has 0 spiro atoms. The molecule has 0 aliphatic carbocycles. The fourth-order valence-electron chi connectivity index (χ4n) is 2.87. The van der Waals surface area contributed by atoms with Crippen LogP contribution in [-0.4, -0.2) is 52.5 Å². The maximum Gasteiger partial charge on any atom is 0.222 e. The largest absolute Gasteiger partial charge is 0.369 e. The number of hydrogen-bond donors (Lipinski definition) is 4. The lowest BCUT2D eigenvalue weighted by Gasteiger charge is -2.19. The number of aryl methyl sites for hydroxylation is 1. The summed E-state index contributed by atoms with van der Waals surface area (Å²) in [5.41, 5.74) is 10.2. The molecule has 7 nitrogen and oxygen atoms in total. The third-order valence-electron chi connectivity index (χ3n) is 4.40. The highest BCUT2D eigenvalue weighted by Crippen LogP contribution is 2.25. The Morgan fingerprint density at radius 2 is 2.21 bits per heavy atom. The van der Waals surface area contributed by atoms with Crippen molar-refractivity contribution < 1.29 is 5.11 Å². The molecule has 128 valence electrons. The van der Waals surface area contributed by atoms with E-state index in [9.17, 15) is 5.11 Å². The van der Waals surface area contributed by atoms with E-state index in [0.29, 0.717) is 12.4 Å². The smallest absolute Gasteiger partial charge is 0.222 e. The fraction of sp³-hybridized carbons (Fsp3) is 0.412. The Morgan fingerprint density at radius 1 is 1.38 bits per heavy atom. The SMILES string of the molecule is Cc1cccc(-c2cc(NCCN3CCNC3O)nc(N)n2)c1C. The van der Waals surface area contributed by atoms with E-state index in [1.807, 2.05) is 23.1 Å². The van der Waals surface area contributed by atoms with Crippen molar-refractivity contribution >= 4 is 11.8 Å². The highest BCUT2D eigenvalue weighted by Gasteiger charge is 2.20. The average molecular weight is 328 g/mol. The Kier molecular flexibility index (Phi) is 4.94. The Labute approximate surface area is 141 Å². The summed E-state index contributed by atoms with van der Waals surface area (Å²) < 4.78 is 0. The van der Waals surface area contributed by atoms with Crippen molar-refractivity contribution in [3.05, 3.63) is 35.4 Å². The molecule has 0 saturated carbocycles. The summed E-state index contributed by atoms with van der Waals surface area (Å²) >= 11 is 0. The van der Waals surface area contributed by atoms with Gasteiger partial charge in [-0.2, -0.15) is 4.98 Å². The molecule has 7 heteroatoms. The topological polar surface area (TPSA) is 99.3 Å². The van der Waals surface area contributed by atoms with Crippen molar-refractivity contribution in [1.82, 2.24) is 20.2 Å². The van der Waals surface area contributed by atoms with Gasteiger partial charge >= 0.3 is 0 Å². The van der Waals surface area contributed by atoms with Crippen LogP contribution in [0.15, 0.2) is 24.3 Å². The van der Waals surface area contributed by atoms with Gasteiger partial charge in [0.15, 0.2) is 6.35 Å². The molecule has 2 aromatic rings. The van der Waals surface area contributed by atoms with Crippen molar-refractivity contribution in [2.75, 3.05) is 37.2 Å². The van der Waals surface area contributed by atoms with Crippen molar-refractivity contribution in [2.24, 2.45) is 0 Å². The van der Waals surface area contributed by atoms with Crippen molar-refractivity contribution in [1.29, 1.82) is 0 Å². The maximum atomic E-state index is 9.72. The van der Waals surface area contributed by atoms with E-state index < -0.39 is 6.35 Å². The van der Waals surface area contributed by atoms with Gasteiger partial charge in [-0.3, -0.25) is 10.2 Å². The van der Waals surface area contributed by atoms with E-state index in [-0.39, 0.29) is 5.95 Å². The number of hydrogen-bond acceptors (Lipinski definition) is 7. The van der Waals surface area contributed by atoms with Gasteiger partial charge in [-0.1, -0.05) is 18.2 Å². The quantitative estimate of drug-likeness (QED) is 0.648. The number of aromatic nitrogens is 2. The molecule has 5 N–H and O–H groups in total. The predicted molar refractivity (Wildman–Crippen MR) is 95.4 cm³/mol. The lowest BCUT2D eigenvalue weighted by molar-refractivity contribution is 0.0249. The molecule has 3 rings (SSSR count). The second kappa shape index (κ2) is 7.12. The van der Waals surface area contributed by atoms with E-state index in [0.717, 1.165) is 30.9 Å². The zero-order chi connectivity index (χ0) is 17.1. The zero-order valence-corrected chi connectivity index (χ0v) is 14.1. The van der Waals surface area contributed by atoms with Gasteiger partial charge in [0.05, 0.1) is 5.69 Å². The van der Waals surface area contributed by atoms with Crippen LogP contribution in [-0.2, 0) is 0 Å². The number of benzene rings is 1. The molecule has 1 unspecified atom stereocenters. The summed E-state index contributed by atoms with van der Waals surface area (Å²) in [6.07, 6.45) is -0.562. The van der Waals surface area contributed by atoms with Gasteiger partial charge in [0.1, 0.15) is 5.82 Å². The summed E-state index contributed by atoms with van der Waals surface area (Å²) in [5, 5.41) is 16.0. The summed E-state index contributed by atoms with van der Waals surface area (Å²) in [4.78, 5) is 10.6. The van der Waals surface area contributed by atoms with Crippen LogP contribution >= 0.6 is 0 Å². The number of aliphatic hydroxyl groups excluding tert-OH is 1. The summed E-state index contributed by atoms with van der Waals surface area (Å²) in [6, 6.07) is 8.06. The molecular formula is C17H24N6O. The van der Waals surface area contributed by atoms with E-state index >= 15 is 0 Å². The third kappa shape index (κ3) is 3.64. The van der Waals surface area contributed by atoms with Crippen molar-refractivity contribution in [3.8, 4) is 11.3 Å². The minimum absolute atomic E-state index is 0.249. The molecule has 1 fully saturated rings. The second-order valence-corrected chi connectivity index (χ2v) is 6.03. The molecule has 0 bridgehead atoms. The van der Waals surface area contributed by atoms with E-state index in [4.69, 9.17) is 5.73 Å². The molecule has 1 aromatic heterocycles. The van der Waals surface area contributed by atoms with Gasteiger partial charge in [-0.15, -0.1) is 0 Å². The van der Waals surface area contributed by atoms with Crippen LogP contribution in [0.1, 0.15) is 11.1 Å². The number of rotatable bonds is 5. The van der Waals surface area contributed by atoms with Gasteiger partial charge in [0.25, 0.3) is 0 Å². The highest BCUT2D eigenvalue weighted by molar-refractivity contribution is 5.68. The summed E-state index contributed by atoms with van der Waals surface area (Å²) in [5.74, 6) is 0.943. The molecule has 1 aliphatic heterocycles. The third-order valence-corrected chi connectivity index (χ3v) is 4.40. The molecule has 0 radical (unpaired) electrons. The minimum atomic E-state index is -0.562. The molecule has 1 aromatic carbocycles. The number of nitrogens with one attached hydrogen (secondary N) is 2. The van der Waals surface area contributed by atoms with Crippen LogP contribution in [0, 0.1) is 13.8 Å². The van der Waals surface area contributed by atoms with Gasteiger partial charge in [-0.05, 0) is 25.0 Å². The standard InChI is InChI=1S/C17H24N6O/c1-11-4-3-5-13(12(11)2)14-10-15(22-16(18)21-14)19-6-8-23-9-7-20-17(23)24/h3-5,10,17,20,24H,6-9H2,1-2H3,(H3,18,19,21,22). The Bertz CT molecular complexity index is 720. The van der Waals surface area contributed by atoms with Crippen LogP contribution in [0.4, 0.5) is 11.8 Å². The van der Waals surface area contributed by atoms with Gasteiger partial charge in [-0.25, -0.2) is 4.98 Å². The summed E-state index contributed by atoms with van der Waals surface area (Å²) in [6.45, 7) is 7.19. The van der Waals surface area contributed by atoms with E-state index in [2.05, 4.69) is 40.5 Å². The lowest BCUT2D eigenvalue weighted by atomic mass is 10.0. The lowest BCUT2D eigenvalue weighted by Crippen LogP contribution is -2.38. The van der Waals surface area contributed by atoms with Crippen LogP contribution in [0.5, 0.6) is 0 Å². The van der Waals surface area contributed by atoms with Crippen molar-refractivity contribution in [3.63, 3.8) is 0 Å². The molecule has 1 atom stereocenters. The Hall–Kier alpha value is -2.22. The Balaban J connectivity index is 1.73. The first kappa shape index (κ1) is 16.6. The zero-order valence-electron chi connectivity index (χ0n) is 14.1. The van der Waals surface area contributed by atoms with Gasteiger partial charge in [0.2, 0.25) is 5.95 Å². The number of anilines is 2. The Morgan fingerprint density at radius 3 is 2.96 bits per heavy atom. The predicted octanol–water partition coefficient (Wildman–Crippen LogP) is 0.936. The molecule has 0 amide bonds. The number of nitrogen functional groups attached to an aromatic ring is 1. The van der Waals surface area contributed by atoms with Crippen molar-refractivity contribution in [2.45, 2.75) is 20.2 Å². The highest BCUT2D eigenvalue weighted by atomic mass is 16.3. The summed E-state index contributed by atoms with van der Waals surface area (Å²) in [7, 11) is 0. The first-order valence-electron chi connectivity index (χ1n) is 8.15. The van der Waals surface area contributed by atoms with Crippen LogP contribution in [0.3, 0.4) is 0 Å². The molecule has 1 aliphatic rings. The van der Waals surface area contributed by atoms with Gasteiger partial charge < -0.3 is 16.2 Å². The average Bonchev–Trinajstić information content (AvgIpc) is 2.95. The number of nitrogens with two attached hydrogens (primary N) is 1. The number of aliphatic hydroxyl groups is 1. The first-order chi connectivity index (χ1) is 11.5. The van der Waals surface area contributed by atoms with Crippen LogP contribution in [0.2, 0.25) is 0 Å². The molecular weight excluding hydrogens is 304 g/mol. The molecule has 1 saturated heterocycles. The monoisotopic (exact) mass is 328 g/mol. The first-order valence-corrected chi connectivity index (χ1v) is 8.15. The molecule has 2 heterocycles. The van der Waals surface area contributed by atoms with Crippen LogP contribution in [0.25, 0.3) is 11.3 Å². The molecule has 24 heavy (non-hydrogen) atoms. The number of nitrogens with zero attached hydrogens (tertiary/aromatic N) is 3. The minimum Gasteiger partial charge on any atom is -0.369 e.